The third-order valence-electron chi connectivity index (χ3n) is 4.45. The van der Waals surface area contributed by atoms with E-state index in [1.165, 1.54) is 6.07 Å². The van der Waals surface area contributed by atoms with Gasteiger partial charge in [0.25, 0.3) is 5.91 Å². The summed E-state index contributed by atoms with van der Waals surface area (Å²) in [7, 11) is 0. The Morgan fingerprint density at radius 1 is 1.14 bits per heavy atom. The molecule has 1 amide bonds. The molecule has 0 aliphatic rings. The zero-order valence-electron chi connectivity index (χ0n) is 15.1. The molecule has 0 unspecified atom stereocenters. The van der Waals surface area contributed by atoms with Gasteiger partial charge in [-0.25, -0.2) is 8.78 Å². The van der Waals surface area contributed by atoms with E-state index in [0.717, 1.165) is 32.8 Å². The Morgan fingerprint density at radius 3 is 2.75 bits per heavy atom. The lowest BCUT2D eigenvalue weighted by molar-refractivity contribution is 0.0942. The van der Waals surface area contributed by atoms with Crippen LogP contribution in [0.5, 0.6) is 0 Å². The predicted molar refractivity (Wildman–Crippen MR) is 105 cm³/mol. The molecule has 0 fully saturated rings. The van der Waals surface area contributed by atoms with Gasteiger partial charge in [-0.3, -0.25) is 9.78 Å². The molecule has 0 bridgehead atoms. The highest BCUT2D eigenvalue weighted by Crippen LogP contribution is 2.29. The van der Waals surface area contributed by atoms with Crippen molar-refractivity contribution in [3.05, 3.63) is 88.2 Å². The number of nitrogens with zero attached hydrogens (tertiary/aromatic N) is 2. The average molecular weight is 397 g/mol. The van der Waals surface area contributed by atoms with Crippen LogP contribution in [0.3, 0.4) is 0 Å². The predicted octanol–water partition coefficient (Wildman–Crippen LogP) is 4.66. The highest BCUT2D eigenvalue weighted by Gasteiger charge is 2.18. The molecule has 4 nitrogen and oxygen atoms in total. The topological polar surface area (TPSA) is 46.9 Å². The van der Waals surface area contributed by atoms with Gasteiger partial charge in [0.05, 0.1) is 10.2 Å². The lowest BCUT2D eigenvalue weighted by Crippen LogP contribution is -2.25. The number of carbonyl (C=O) groups excluding carboxylic acids is 1. The van der Waals surface area contributed by atoms with E-state index in [-0.39, 0.29) is 12.5 Å². The van der Waals surface area contributed by atoms with Gasteiger partial charge in [-0.15, -0.1) is 11.3 Å². The number of pyridine rings is 1. The quantitative estimate of drug-likeness (QED) is 0.532. The van der Waals surface area contributed by atoms with E-state index < -0.39 is 11.6 Å². The molecular formula is C21H17F2N3OS. The summed E-state index contributed by atoms with van der Waals surface area (Å²) in [5, 5.41) is 2.90. The second-order valence-electron chi connectivity index (χ2n) is 6.51. The maximum atomic E-state index is 13.6. The largest absolute Gasteiger partial charge is 0.347 e. The van der Waals surface area contributed by atoms with Crippen LogP contribution in [-0.4, -0.2) is 15.5 Å². The molecule has 7 heteroatoms. The molecule has 4 aromatic rings. The molecule has 0 aliphatic heterocycles. The number of halogens is 2. The Hall–Kier alpha value is -3.06. The first-order valence-corrected chi connectivity index (χ1v) is 9.53. The van der Waals surface area contributed by atoms with Crippen molar-refractivity contribution in [1.29, 1.82) is 0 Å². The normalized spacial score (nSPS) is 11.1. The molecule has 0 saturated heterocycles. The molecule has 0 spiro atoms. The Labute approximate surface area is 164 Å². The van der Waals surface area contributed by atoms with Crippen LogP contribution in [0.2, 0.25) is 0 Å². The number of carbonyl (C=O) groups is 1. The SMILES string of the molecule is Cc1cc2c(cc(C(=O)NCc3cccnc3)n2Cc2ccc(F)c(F)c2)s1. The van der Waals surface area contributed by atoms with Crippen molar-refractivity contribution >= 4 is 27.5 Å². The van der Waals surface area contributed by atoms with E-state index in [1.807, 2.05) is 35.8 Å². The van der Waals surface area contributed by atoms with Gasteiger partial charge in [-0.1, -0.05) is 12.1 Å². The van der Waals surface area contributed by atoms with Gasteiger partial charge >= 0.3 is 0 Å². The van der Waals surface area contributed by atoms with E-state index >= 15 is 0 Å². The molecule has 4 rings (SSSR count). The third-order valence-corrected chi connectivity index (χ3v) is 5.43. The van der Waals surface area contributed by atoms with Crippen molar-refractivity contribution in [2.45, 2.75) is 20.0 Å². The van der Waals surface area contributed by atoms with E-state index in [4.69, 9.17) is 0 Å². The fraction of sp³-hybridized carbons (Fsp3) is 0.143. The summed E-state index contributed by atoms with van der Waals surface area (Å²) in [5.74, 6) is -2.01. The van der Waals surface area contributed by atoms with Crippen LogP contribution in [0.15, 0.2) is 54.9 Å². The van der Waals surface area contributed by atoms with Crippen molar-refractivity contribution in [1.82, 2.24) is 14.9 Å². The fourth-order valence-corrected chi connectivity index (χ4v) is 4.08. The summed E-state index contributed by atoms with van der Waals surface area (Å²) < 4.78 is 29.7. The van der Waals surface area contributed by atoms with Crippen LogP contribution in [0.1, 0.15) is 26.5 Å². The number of amides is 1. The highest BCUT2D eigenvalue weighted by atomic mass is 32.1. The van der Waals surface area contributed by atoms with Crippen LogP contribution in [-0.2, 0) is 13.1 Å². The first kappa shape index (κ1) is 18.3. The molecule has 3 heterocycles. The molecule has 3 aromatic heterocycles. The van der Waals surface area contributed by atoms with E-state index in [2.05, 4.69) is 10.3 Å². The number of aromatic nitrogens is 2. The lowest BCUT2D eigenvalue weighted by atomic mass is 10.2. The molecular weight excluding hydrogens is 380 g/mol. The molecule has 142 valence electrons. The van der Waals surface area contributed by atoms with Crippen molar-refractivity contribution in [2.75, 3.05) is 0 Å². The number of fused-ring (bicyclic) bond motifs is 1. The number of hydrogen-bond donors (Lipinski definition) is 1. The third kappa shape index (κ3) is 3.66. The van der Waals surface area contributed by atoms with Crippen molar-refractivity contribution in [3.8, 4) is 0 Å². The Morgan fingerprint density at radius 2 is 2.00 bits per heavy atom. The summed E-state index contributed by atoms with van der Waals surface area (Å²) >= 11 is 1.59. The standard InChI is InChI=1S/C21H17F2N3OS/c1-13-7-18-20(28-13)9-19(21(27)25-11-15-3-2-6-24-10-15)26(18)12-14-4-5-16(22)17(23)8-14/h2-10H,11-12H2,1H3,(H,25,27). The molecule has 0 atom stereocenters. The summed E-state index contributed by atoms with van der Waals surface area (Å²) in [6.45, 7) is 2.62. The second-order valence-corrected chi connectivity index (χ2v) is 7.80. The van der Waals surface area contributed by atoms with E-state index in [0.29, 0.717) is 17.8 Å². The smallest absolute Gasteiger partial charge is 0.268 e. The van der Waals surface area contributed by atoms with Gasteiger partial charge in [0.15, 0.2) is 11.6 Å². The van der Waals surface area contributed by atoms with Crippen LogP contribution in [0.4, 0.5) is 8.78 Å². The van der Waals surface area contributed by atoms with E-state index in [9.17, 15) is 13.6 Å². The summed E-state index contributed by atoms with van der Waals surface area (Å²) in [6, 6.07) is 11.3. The average Bonchev–Trinajstić information content (AvgIpc) is 3.20. The zero-order chi connectivity index (χ0) is 19.7. The minimum atomic E-state index is -0.898. The molecule has 28 heavy (non-hydrogen) atoms. The van der Waals surface area contributed by atoms with Crippen LogP contribution in [0.25, 0.3) is 10.2 Å². The maximum Gasteiger partial charge on any atom is 0.268 e. The van der Waals surface area contributed by atoms with Gasteiger partial charge in [-0.2, -0.15) is 0 Å². The number of thiophene rings is 1. The van der Waals surface area contributed by atoms with Gasteiger partial charge < -0.3 is 9.88 Å². The number of nitrogens with one attached hydrogen (secondary N) is 1. The zero-order valence-corrected chi connectivity index (χ0v) is 15.9. The van der Waals surface area contributed by atoms with Gasteiger partial charge in [0.2, 0.25) is 0 Å². The Balaban J connectivity index is 1.65. The second kappa shape index (κ2) is 7.52. The van der Waals surface area contributed by atoms with Crippen molar-refractivity contribution < 1.29 is 13.6 Å². The number of rotatable bonds is 5. The Bertz CT molecular complexity index is 1150. The molecule has 0 saturated carbocycles. The van der Waals surface area contributed by atoms with Crippen LogP contribution in [0, 0.1) is 18.6 Å². The Kier molecular flexibility index (Phi) is 4.92. The fourth-order valence-electron chi connectivity index (χ4n) is 3.12. The lowest BCUT2D eigenvalue weighted by Gasteiger charge is -2.11. The number of hydrogen-bond acceptors (Lipinski definition) is 3. The van der Waals surface area contributed by atoms with Crippen molar-refractivity contribution in [3.63, 3.8) is 0 Å². The molecule has 1 N–H and O–H groups in total. The minimum Gasteiger partial charge on any atom is -0.347 e. The first-order chi connectivity index (χ1) is 13.5. The van der Waals surface area contributed by atoms with E-state index in [1.54, 1.807) is 23.7 Å². The van der Waals surface area contributed by atoms with Gasteiger partial charge in [0.1, 0.15) is 5.69 Å². The minimum absolute atomic E-state index is 0.229. The number of aryl methyl sites for hydroxylation is 1. The molecule has 0 aliphatic carbocycles. The van der Waals surface area contributed by atoms with Crippen LogP contribution < -0.4 is 5.32 Å². The molecule has 0 radical (unpaired) electrons. The van der Waals surface area contributed by atoms with Gasteiger partial charge in [0, 0.05) is 30.4 Å². The van der Waals surface area contributed by atoms with Crippen LogP contribution >= 0.6 is 11.3 Å². The highest BCUT2D eigenvalue weighted by molar-refractivity contribution is 7.19. The summed E-state index contributed by atoms with van der Waals surface area (Å²) in [4.78, 5) is 18.0. The number of benzene rings is 1. The maximum absolute atomic E-state index is 13.6. The first-order valence-electron chi connectivity index (χ1n) is 8.72. The summed E-state index contributed by atoms with van der Waals surface area (Å²) in [6.07, 6.45) is 3.37. The monoisotopic (exact) mass is 397 g/mol. The summed E-state index contributed by atoms with van der Waals surface area (Å²) in [5.41, 5.74) is 2.86. The van der Waals surface area contributed by atoms with Gasteiger partial charge in [-0.05, 0) is 48.4 Å². The van der Waals surface area contributed by atoms with Crippen molar-refractivity contribution in [2.24, 2.45) is 0 Å². The molecule has 1 aromatic carbocycles.